The van der Waals surface area contributed by atoms with E-state index < -0.39 is 9.84 Å². The average Bonchev–Trinajstić information content (AvgIpc) is 2.93. The predicted octanol–water partition coefficient (Wildman–Crippen LogP) is 1.52. The zero-order valence-corrected chi connectivity index (χ0v) is 15.7. The molecular weight excluding hydrogens is 340 g/mol. The van der Waals surface area contributed by atoms with Crippen LogP contribution in [0.1, 0.15) is 36.8 Å². The first-order chi connectivity index (χ1) is 11.9. The number of imidazole rings is 1. The monoisotopic (exact) mass is 366 g/mol. The molecule has 2 aromatic heterocycles. The van der Waals surface area contributed by atoms with Crippen LogP contribution in [0.15, 0.2) is 0 Å². The fourth-order valence-corrected chi connectivity index (χ4v) is 3.85. The fourth-order valence-electron chi connectivity index (χ4n) is 3.43. The van der Waals surface area contributed by atoms with Crippen LogP contribution in [0.2, 0.25) is 0 Å². The molecule has 0 bridgehead atoms. The van der Waals surface area contributed by atoms with Crippen molar-refractivity contribution in [1.82, 2.24) is 14.5 Å². The number of rotatable bonds is 7. The Morgan fingerprint density at radius 2 is 1.96 bits per heavy atom. The topological polar surface area (TPSA) is 100 Å². The molecule has 138 valence electrons. The second kappa shape index (κ2) is 7.29. The molecular formula is C17H26N4O3S. The lowest BCUT2D eigenvalue weighted by Gasteiger charge is -2.18. The second-order valence-electron chi connectivity index (χ2n) is 6.60. The fraction of sp³-hybridized carbons (Fsp3) is 0.647. The Balaban J connectivity index is 1.87. The van der Waals surface area contributed by atoms with Gasteiger partial charge in [0.2, 0.25) is 0 Å². The normalized spacial score (nSPS) is 14.8. The van der Waals surface area contributed by atoms with Gasteiger partial charge >= 0.3 is 0 Å². The van der Waals surface area contributed by atoms with E-state index in [2.05, 4.69) is 16.5 Å². The smallest absolute Gasteiger partial charge is 0.151 e. The van der Waals surface area contributed by atoms with Gasteiger partial charge in [0.25, 0.3) is 0 Å². The molecule has 25 heavy (non-hydrogen) atoms. The van der Waals surface area contributed by atoms with Crippen LogP contribution in [0.25, 0.3) is 11.0 Å². The van der Waals surface area contributed by atoms with Crippen molar-refractivity contribution in [1.29, 1.82) is 0 Å². The molecule has 2 N–H and O–H groups in total. The molecule has 0 saturated carbocycles. The lowest BCUT2D eigenvalue weighted by Crippen LogP contribution is -2.15. The van der Waals surface area contributed by atoms with E-state index in [4.69, 9.17) is 15.5 Å². The highest BCUT2D eigenvalue weighted by molar-refractivity contribution is 7.90. The number of nitrogens with zero attached hydrogens (tertiary/aromatic N) is 3. The summed E-state index contributed by atoms with van der Waals surface area (Å²) in [6, 6.07) is 0. The van der Waals surface area contributed by atoms with E-state index in [-0.39, 0.29) is 12.4 Å². The lowest BCUT2D eigenvalue weighted by molar-refractivity contribution is 0.140. The molecule has 1 aliphatic rings. The summed E-state index contributed by atoms with van der Waals surface area (Å²) in [5, 5.41) is 0. The molecule has 0 amide bonds. The summed E-state index contributed by atoms with van der Waals surface area (Å²) in [5.41, 5.74) is 10.4. The molecule has 0 fully saturated rings. The van der Waals surface area contributed by atoms with Gasteiger partial charge in [-0.1, -0.05) is 6.92 Å². The van der Waals surface area contributed by atoms with Crippen molar-refractivity contribution in [3.63, 3.8) is 0 Å². The number of sulfone groups is 1. The van der Waals surface area contributed by atoms with Crippen molar-refractivity contribution < 1.29 is 13.2 Å². The molecule has 0 radical (unpaired) electrons. The van der Waals surface area contributed by atoms with E-state index in [9.17, 15) is 8.42 Å². The average molecular weight is 366 g/mol. The third kappa shape index (κ3) is 3.95. The Morgan fingerprint density at radius 3 is 2.68 bits per heavy atom. The number of aromatic nitrogens is 3. The van der Waals surface area contributed by atoms with Gasteiger partial charge in [0, 0.05) is 24.9 Å². The number of nitrogens with two attached hydrogens (primary N) is 1. The largest absolute Gasteiger partial charge is 0.382 e. The van der Waals surface area contributed by atoms with Crippen molar-refractivity contribution in [3.05, 3.63) is 17.1 Å². The van der Waals surface area contributed by atoms with E-state index in [0.717, 1.165) is 54.7 Å². The number of pyridine rings is 1. The van der Waals surface area contributed by atoms with Crippen LogP contribution in [-0.4, -0.2) is 48.2 Å². The predicted molar refractivity (Wildman–Crippen MR) is 98.5 cm³/mol. The molecule has 0 unspecified atom stereocenters. The third-order valence-electron chi connectivity index (χ3n) is 4.64. The number of anilines is 1. The maximum absolute atomic E-state index is 11.2. The Bertz CT molecular complexity index is 874. The summed E-state index contributed by atoms with van der Waals surface area (Å²) in [4.78, 5) is 9.27. The summed E-state index contributed by atoms with van der Waals surface area (Å²) in [6.45, 7) is 3.37. The highest BCUT2D eigenvalue weighted by Gasteiger charge is 2.22. The van der Waals surface area contributed by atoms with E-state index >= 15 is 0 Å². The molecule has 3 rings (SSSR count). The quantitative estimate of drug-likeness (QED) is 0.746. The Kier molecular flexibility index (Phi) is 5.29. The van der Waals surface area contributed by atoms with Crippen LogP contribution in [0, 0.1) is 0 Å². The second-order valence-corrected chi connectivity index (χ2v) is 8.86. The van der Waals surface area contributed by atoms with Gasteiger partial charge in [-0.05, 0) is 31.2 Å². The molecule has 0 spiro atoms. The van der Waals surface area contributed by atoms with Gasteiger partial charge in [0.15, 0.2) is 5.82 Å². The maximum Gasteiger partial charge on any atom is 0.151 e. The van der Waals surface area contributed by atoms with Gasteiger partial charge in [0.05, 0.1) is 24.5 Å². The van der Waals surface area contributed by atoms with Gasteiger partial charge in [-0.3, -0.25) is 0 Å². The summed E-state index contributed by atoms with van der Waals surface area (Å²) in [5.74, 6) is 1.51. The summed E-state index contributed by atoms with van der Waals surface area (Å²) in [6.07, 6.45) is 6.29. The number of ether oxygens (including phenoxy) is 1. The van der Waals surface area contributed by atoms with Crippen LogP contribution >= 0.6 is 0 Å². The number of aryl methyl sites for hydroxylation is 3. The Morgan fingerprint density at radius 1 is 1.20 bits per heavy atom. The molecule has 8 heteroatoms. The van der Waals surface area contributed by atoms with E-state index in [1.54, 1.807) is 0 Å². The molecule has 7 nitrogen and oxygen atoms in total. The maximum atomic E-state index is 11.2. The molecule has 0 aliphatic heterocycles. The summed E-state index contributed by atoms with van der Waals surface area (Å²) < 4.78 is 30.1. The zero-order chi connectivity index (χ0) is 18.0. The van der Waals surface area contributed by atoms with Gasteiger partial charge in [-0.15, -0.1) is 0 Å². The number of nitrogen functional groups attached to an aromatic ring is 1. The molecule has 0 aromatic carbocycles. The van der Waals surface area contributed by atoms with E-state index in [1.807, 2.05) is 0 Å². The molecule has 0 saturated heterocycles. The van der Waals surface area contributed by atoms with Crippen LogP contribution < -0.4 is 5.73 Å². The van der Waals surface area contributed by atoms with Crippen LogP contribution in [0.5, 0.6) is 0 Å². The molecule has 2 aromatic rings. The van der Waals surface area contributed by atoms with Crippen molar-refractivity contribution in [2.24, 2.45) is 0 Å². The lowest BCUT2D eigenvalue weighted by atomic mass is 9.95. The van der Waals surface area contributed by atoms with Gasteiger partial charge in [-0.2, -0.15) is 0 Å². The van der Waals surface area contributed by atoms with Crippen LogP contribution in [-0.2, 0) is 40.4 Å². The van der Waals surface area contributed by atoms with E-state index in [0.29, 0.717) is 19.0 Å². The Labute approximate surface area is 148 Å². The van der Waals surface area contributed by atoms with Crippen molar-refractivity contribution in [2.45, 2.75) is 45.6 Å². The Hall–Kier alpha value is -1.67. The van der Waals surface area contributed by atoms with Gasteiger partial charge in [0.1, 0.15) is 21.2 Å². The SMILES string of the molecule is CCc1nc2c(N)nc3c(c2n1CCOCCS(C)(=O)=O)CCCC3. The summed E-state index contributed by atoms with van der Waals surface area (Å²) in [7, 11) is -2.99. The first kappa shape index (κ1) is 18.1. The van der Waals surface area contributed by atoms with Crippen molar-refractivity contribution >= 4 is 26.7 Å². The third-order valence-corrected chi connectivity index (χ3v) is 5.55. The standard InChI is InChI=1S/C17H26N4O3S/c1-3-14-20-15-16(12-6-4-5-7-13(12)19-17(15)18)21(14)8-9-24-10-11-25(2,22)23/h3-11H2,1-2H3,(H2,18,19). The minimum Gasteiger partial charge on any atom is -0.382 e. The highest BCUT2D eigenvalue weighted by atomic mass is 32.2. The molecule has 2 heterocycles. The van der Waals surface area contributed by atoms with E-state index in [1.165, 1.54) is 11.8 Å². The summed E-state index contributed by atoms with van der Waals surface area (Å²) >= 11 is 0. The van der Waals surface area contributed by atoms with Crippen LogP contribution in [0.3, 0.4) is 0 Å². The zero-order valence-electron chi connectivity index (χ0n) is 14.9. The molecule has 1 aliphatic carbocycles. The first-order valence-electron chi connectivity index (χ1n) is 8.82. The number of fused-ring (bicyclic) bond motifs is 3. The number of hydrogen-bond donors (Lipinski definition) is 1. The first-order valence-corrected chi connectivity index (χ1v) is 10.9. The van der Waals surface area contributed by atoms with Crippen molar-refractivity contribution in [3.8, 4) is 0 Å². The van der Waals surface area contributed by atoms with Crippen LogP contribution in [0.4, 0.5) is 5.82 Å². The van der Waals surface area contributed by atoms with Gasteiger partial charge in [-0.25, -0.2) is 18.4 Å². The number of hydrogen-bond acceptors (Lipinski definition) is 6. The highest BCUT2D eigenvalue weighted by Crippen LogP contribution is 2.31. The minimum absolute atomic E-state index is 0.0462. The van der Waals surface area contributed by atoms with Crippen molar-refractivity contribution in [2.75, 3.05) is 31.0 Å². The van der Waals surface area contributed by atoms with Gasteiger partial charge < -0.3 is 15.0 Å². The minimum atomic E-state index is -2.99. The molecule has 0 atom stereocenters.